The van der Waals surface area contributed by atoms with E-state index in [2.05, 4.69) is 28.1 Å². The molecule has 0 spiro atoms. The lowest BCUT2D eigenvalue weighted by Crippen LogP contribution is -2.35. The molecular weight excluding hydrogens is 334 g/mol. The molecule has 0 radical (unpaired) electrons. The zero-order valence-corrected chi connectivity index (χ0v) is 13.3. The van der Waals surface area contributed by atoms with Gasteiger partial charge in [0.15, 0.2) is 11.6 Å². The molecule has 0 saturated heterocycles. The van der Waals surface area contributed by atoms with Gasteiger partial charge in [-0.1, -0.05) is 52.3 Å². The first-order chi connectivity index (χ1) is 10.2. The molecule has 0 bridgehead atoms. The number of benzene rings is 2. The summed E-state index contributed by atoms with van der Waals surface area (Å²) in [6, 6.07) is 12.8. The first kappa shape index (κ1) is 14.7. The van der Waals surface area contributed by atoms with Gasteiger partial charge < -0.3 is 0 Å². The van der Waals surface area contributed by atoms with Crippen LogP contribution in [-0.2, 0) is 18.3 Å². The standard InChI is InChI=1S/C18H17BrF2/c19-12-18(11-14-6-3-9-16(20)17(14)21)10-4-7-13-5-1-2-8-15(13)18/h1-3,5-6,8-9H,4,7,10-12H2. The second kappa shape index (κ2) is 5.88. The van der Waals surface area contributed by atoms with E-state index in [4.69, 9.17) is 0 Å². The van der Waals surface area contributed by atoms with Crippen LogP contribution in [-0.4, -0.2) is 5.33 Å². The van der Waals surface area contributed by atoms with Crippen molar-refractivity contribution >= 4 is 15.9 Å². The van der Waals surface area contributed by atoms with Crippen molar-refractivity contribution in [3.05, 3.63) is 70.8 Å². The maximum atomic E-state index is 14.0. The minimum Gasteiger partial charge on any atom is -0.204 e. The molecule has 1 unspecified atom stereocenters. The molecule has 0 amide bonds. The molecule has 1 aliphatic rings. The first-order valence-electron chi connectivity index (χ1n) is 7.23. The van der Waals surface area contributed by atoms with Crippen molar-refractivity contribution in [2.75, 3.05) is 5.33 Å². The van der Waals surface area contributed by atoms with Gasteiger partial charge in [-0.15, -0.1) is 0 Å². The Kier molecular flexibility index (Phi) is 4.12. The Hall–Kier alpha value is -1.22. The lowest BCUT2D eigenvalue weighted by atomic mass is 9.68. The van der Waals surface area contributed by atoms with Gasteiger partial charge in [-0.25, -0.2) is 8.78 Å². The lowest BCUT2D eigenvalue weighted by molar-refractivity contribution is 0.390. The van der Waals surface area contributed by atoms with E-state index < -0.39 is 11.6 Å². The Morgan fingerprint density at radius 3 is 2.67 bits per heavy atom. The minimum atomic E-state index is -0.763. The Bertz CT molecular complexity index is 653. The molecule has 0 aromatic heterocycles. The van der Waals surface area contributed by atoms with E-state index in [1.807, 2.05) is 12.1 Å². The second-order valence-electron chi connectivity index (χ2n) is 5.81. The smallest absolute Gasteiger partial charge is 0.162 e. The number of rotatable bonds is 3. The molecule has 21 heavy (non-hydrogen) atoms. The predicted octanol–water partition coefficient (Wildman–Crippen LogP) is 5.18. The van der Waals surface area contributed by atoms with E-state index in [9.17, 15) is 8.78 Å². The van der Waals surface area contributed by atoms with Crippen LogP contribution in [0.15, 0.2) is 42.5 Å². The van der Waals surface area contributed by atoms with Crippen molar-refractivity contribution < 1.29 is 8.78 Å². The Balaban J connectivity index is 2.04. The van der Waals surface area contributed by atoms with Gasteiger partial charge in [0.1, 0.15) is 0 Å². The number of alkyl halides is 1. The quantitative estimate of drug-likeness (QED) is 0.669. The summed E-state index contributed by atoms with van der Waals surface area (Å²) in [5, 5.41) is 0.757. The molecule has 3 heteroatoms. The SMILES string of the molecule is Fc1cccc(CC2(CBr)CCCc3ccccc32)c1F. The topological polar surface area (TPSA) is 0 Å². The van der Waals surface area contributed by atoms with E-state index in [1.54, 1.807) is 12.1 Å². The van der Waals surface area contributed by atoms with Crippen LogP contribution < -0.4 is 0 Å². The van der Waals surface area contributed by atoms with Gasteiger partial charge in [0.2, 0.25) is 0 Å². The molecule has 2 aromatic carbocycles. The van der Waals surface area contributed by atoms with Crippen LogP contribution in [0, 0.1) is 11.6 Å². The van der Waals surface area contributed by atoms with Crippen LogP contribution in [0.2, 0.25) is 0 Å². The van der Waals surface area contributed by atoms with E-state index in [-0.39, 0.29) is 5.41 Å². The third-order valence-corrected chi connectivity index (χ3v) is 5.58. The molecule has 110 valence electrons. The van der Waals surface area contributed by atoms with Gasteiger partial charge in [-0.05, 0) is 48.4 Å². The highest BCUT2D eigenvalue weighted by Gasteiger charge is 2.36. The fourth-order valence-electron chi connectivity index (χ4n) is 3.43. The van der Waals surface area contributed by atoms with Gasteiger partial charge in [-0.2, -0.15) is 0 Å². The molecule has 0 saturated carbocycles. The normalized spacial score (nSPS) is 21.1. The molecule has 0 nitrogen and oxygen atoms in total. The van der Waals surface area contributed by atoms with E-state index >= 15 is 0 Å². The van der Waals surface area contributed by atoms with Crippen LogP contribution in [0.25, 0.3) is 0 Å². The summed E-state index contributed by atoms with van der Waals surface area (Å²) < 4.78 is 27.5. The zero-order valence-electron chi connectivity index (χ0n) is 11.7. The number of halogens is 3. The zero-order chi connectivity index (χ0) is 14.9. The number of aryl methyl sites for hydroxylation is 1. The highest BCUT2D eigenvalue weighted by molar-refractivity contribution is 9.09. The monoisotopic (exact) mass is 350 g/mol. The summed E-state index contributed by atoms with van der Waals surface area (Å²) in [7, 11) is 0. The fourth-order valence-corrected chi connectivity index (χ4v) is 4.21. The third kappa shape index (κ3) is 2.64. The van der Waals surface area contributed by atoms with Crippen molar-refractivity contribution in [1.82, 2.24) is 0 Å². The maximum Gasteiger partial charge on any atom is 0.162 e. The number of hydrogen-bond donors (Lipinski definition) is 0. The lowest BCUT2D eigenvalue weighted by Gasteiger charge is -2.38. The fraction of sp³-hybridized carbons (Fsp3) is 0.333. The van der Waals surface area contributed by atoms with E-state index in [0.717, 1.165) is 24.6 Å². The van der Waals surface area contributed by atoms with Crippen molar-refractivity contribution in [2.45, 2.75) is 31.1 Å². The van der Waals surface area contributed by atoms with Crippen molar-refractivity contribution in [3.8, 4) is 0 Å². The van der Waals surface area contributed by atoms with Gasteiger partial charge in [0, 0.05) is 10.7 Å². The van der Waals surface area contributed by atoms with Crippen molar-refractivity contribution in [1.29, 1.82) is 0 Å². The highest BCUT2D eigenvalue weighted by atomic mass is 79.9. The Morgan fingerprint density at radius 1 is 1.05 bits per heavy atom. The van der Waals surface area contributed by atoms with E-state index in [1.165, 1.54) is 17.2 Å². The second-order valence-corrected chi connectivity index (χ2v) is 6.38. The van der Waals surface area contributed by atoms with Gasteiger partial charge in [0.05, 0.1) is 0 Å². The highest BCUT2D eigenvalue weighted by Crippen LogP contribution is 2.41. The van der Waals surface area contributed by atoms with Crippen LogP contribution in [0.4, 0.5) is 8.78 Å². The molecule has 0 N–H and O–H groups in total. The molecule has 1 atom stereocenters. The Labute approximate surface area is 132 Å². The average Bonchev–Trinajstić information content (AvgIpc) is 2.52. The molecule has 0 fully saturated rings. The van der Waals surface area contributed by atoms with Crippen LogP contribution >= 0.6 is 15.9 Å². The molecular formula is C18H17BrF2. The largest absolute Gasteiger partial charge is 0.204 e. The van der Waals surface area contributed by atoms with Crippen LogP contribution in [0.3, 0.4) is 0 Å². The summed E-state index contributed by atoms with van der Waals surface area (Å²) in [6.07, 6.45) is 3.67. The molecule has 1 aliphatic carbocycles. The summed E-state index contributed by atoms with van der Waals surface area (Å²) >= 11 is 3.62. The van der Waals surface area contributed by atoms with Crippen molar-refractivity contribution in [2.24, 2.45) is 0 Å². The minimum absolute atomic E-state index is 0.149. The average molecular weight is 351 g/mol. The molecule has 3 rings (SSSR count). The summed E-state index contributed by atoms with van der Waals surface area (Å²) in [5.41, 5.74) is 2.92. The predicted molar refractivity (Wildman–Crippen MR) is 84.9 cm³/mol. The van der Waals surface area contributed by atoms with E-state index in [0.29, 0.717) is 12.0 Å². The maximum absolute atomic E-state index is 14.0. The van der Waals surface area contributed by atoms with Crippen molar-refractivity contribution in [3.63, 3.8) is 0 Å². The summed E-state index contributed by atoms with van der Waals surface area (Å²) in [4.78, 5) is 0. The van der Waals surface area contributed by atoms with Crippen LogP contribution in [0.5, 0.6) is 0 Å². The number of hydrogen-bond acceptors (Lipinski definition) is 0. The Morgan fingerprint density at radius 2 is 1.86 bits per heavy atom. The third-order valence-electron chi connectivity index (χ3n) is 4.51. The summed E-state index contributed by atoms with van der Waals surface area (Å²) in [6.45, 7) is 0. The molecule has 2 aromatic rings. The van der Waals surface area contributed by atoms with Gasteiger partial charge in [0.25, 0.3) is 0 Å². The molecule has 0 aliphatic heterocycles. The first-order valence-corrected chi connectivity index (χ1v) is 8.36. The van der Waals surface area contributed by atoms with Gasteiger partial charge >= 0.3 is 0 Å². The number of fused-ring (bicyclic) bond motifs is 1. The molecule has 0 heterocycles. The summed E-state index contributed by atoms with van der Waals surface area (Å²) in [5.74, 6) is -1.47. The van der Waals surface area contributed by atoms with Crippen LogP contribution in [0.1, 0.15) is 29.5 Å². The van der Waals surface area contributed by atoms with Gasteiger partial charge in [-0.3, -0.25) is 0 Å².